The van der Waals surface area contributed by atoms with Crippen molar-refractivity contribution in [3.8, 4) is 67.5 Å². The zero-order chi connectivity index (χ0) is 51.4. The van der Waals surface area contributed by atoms with Gasteiger partial charge in [0.15, 0.2) is 0 Å². The first kappa shape index (κ1) is 61.7. The number of benzene rings is 6. The normalized spacial score (nSPS) is 12.4. The zero-order valence-electron chi connectivity index (χ0n) is 48.5. The van der Waals surface area contributed by atoms with Crippen LogP contribution in [0.4, 0.5) is 0 Å². The van der Waals surface area contributed by atoms with Gasteiger partial charge in [-0.1, -0.05) is 209 Å². The van der Waals surface area contributed by atoms with Gasteiger partial charge in [-0.2, -0.15) is 0 Å². The van der Waals surface area contributed by atoms with E-state index in [2.05, 4.69) is 199 Å². The Morgan fingerprint density at radius 1 is 0.333 bits per heavy atom. The Morgan fingerprint density at radius 2 is 0.597 bits per heavy atom. The largest absolute Gasteiger partial charge is 4.00 e. The van der Waals surface area contributed by atoms with Crippen molar-refractivity contribution in [1.29, 1.82) is 0 Å². The summed E-state index contributed by atoms with van der Waals surface area (Å²) in [6, 6.07) is 34.0. The summed E-state index contributed by atoms with van der Waals surface area (Å²) in [6.45, 7) is 44.8. The fraction of sp³-hybridized carbons (Fsp3) is 0.433. The minimum Gasteiger partial charge on any atom is -0.872 e. The van der Waals surface area contributed by atoms with E-state index in [1.54, 1.807) is 0 Å². The van der Waals surface area contributed by atoms with E-state index in [0.29, 0.717) is 53.4 Å². The topological polar surface area (TPSA) is 64.6 Å². The van der Waals surface area contributed by atoms with Gasteiger partial charge in [-0.3, -0.25) is 0 Å². The minimum atomic E-state index is -0.145. The summed E-state index contributed by atoms with van der Waals surface area (Å²) in [5.74, 6) is 1.31. The molecule has 72 heavy (non-hydrogen) atoms. The van der Waals surface area contributed by atoms with Crippen LogP contribution >= 0.6 is 0 Å². The predicted molar refractivity (Wildman–Crippen MR) is 304 cm³/mol. The third-order valence-electron chi connectivity index (χ3n) is 13.5. The Kier molecular flexibility index (Phi) is 19.3. The smallest absolute Gasteiger partial charge is 0.872 e. The van der Waals surface area contributed by atoms with E-state index < -0.39 is 0 Å². The van der Waals surface area contributed by atoms with Crippen LogP contribution in [0, 0.1) is 28.7 Å². The van der Waals surface area contributed by atoms with Gasteiger partial charge in [0.25, 0.3) is 0 Å². The van der Waals surface area contributed by atoms with Crippen LogP contribution in [0.25, 0.3) is 44.5 Å². The second-order valence-electron chi connectivity index (χ2n) is 25.9. The molecule has 0 fully saturated rings. The van der Waals surface area contributed by atoms with E-state index in [4.69, 9.17) is 9.47 Å². The molecule has 0 heterocycles. The van der Waals surface area contributed by atoms with E-state index >= 15 is 0 Å². The first-order chi connectivity index (χ1) is 31.6. The molecule has 0 aromatic heterocycles. The number of aryl methyl sites for hydroxylation is 2. The van der Waals surface area contributed by atoms with Gasteiger partial charge in [0.1, 0.15) is 11.5 Å². The molecule has 0 aliphatic rings. The summed E-state index contributed by atoms with van der Waals surface area (Å²) in [6.07, 6.45) is 0.581. The molecule has 5 heteroatoms. The number of hydrogen-bond acceptors (Lipinski definition) is 4. The number of ether oxygens (including phenoxy) is 2. The summed E-state index contributed by atoms with van der Waals surface area (Å²) >= 11 is 0. The van der Waals surface area contributed by atoms with E-state index in [-0.39, 0.29) is 85.0 Å². The summed E-state index contributed by atoms with van der Waals surface area (Å²) in [7, 11) is 0. The minimum absolute atomic E-state index is 0. The van der Waals surface area contributed by atoms with Gasteiger partial charge in [0.2, 0.25) is 0 Å². The van der Waals surface area contributed by atoms with Crippen LogP contribution in [-0.2, 0) is 58.7 Å². The quantitative estimate of drug-likeness (QED) is 0.101. The van der Waals surface area contributed by atoms with Crippen molar-refractivity contribution in [2.45, 2.75) is 177 Å². The molecule has 0 radical (unpaired) electrons. The number of rotatable bonds is 10. The van der Waals surface area contributed by atoms with E-state index in [1.807, 2.05) is 36.4 Å². The molecule has 0 aliphatic heterocycles. The first-order valence-electron chi connectivity index (χ1n) is 25.1. The molecule has 0 saturated carbocycles. The molecule has 6 rings (SSSR count). The Bertz CT molecular complexity index is 2580. The van der Waals surface area contributed by atoms with Crippen LogP contribution in [0.5, 0.6) is 23.0 Å². The van der Waals surface area contributed by atoms with Crippen molar-refractivity contribution in [3.63, 3.8) is 0 Å². The number of hydrogen-bond donors (Lipinski definition) is 0. The molecule has 0 aliphatic carbocycles. The SMILES string of the molecule is Cc1cc(-c2cc(C(C)(C)C)cc(C(C)(C)C)c2)c([O-])c(-c2cc(C(C)(C)C)ccc2OCCCOc2ccc(C(C)(C)C)cc2-c2cc(C)cc(-c3cc(C(C)(C)C)cc(C(C)(C)C)c3)c2[O-])c1.[CH3-].[CH3-].[Zr+4]. The molecular formula is C67H88O4Zr. The van der Waals surface area contributed by atoms with Crippen LogP contribution in [-0.4, -0.2) is 13.2 Å². The van der Waals surface area contributed by atoms with Gasteiger partial charge in [0.05, 0.1) is 13.2 Å². The monoisotopic (exact) mass is 1050 g/mol. The third kappa shape index (κ3) is 14.4. The average molecular weight is 1050 g/mol. The van der Waals surface area contributed by atoms with Crippen molar-refractivity contribution >= 4 is 0 Å². The Hall–Kier alpha value is -4.60. The molecule has 0 N–H and O–H groups in total. The van der Waals surface area contributed by atoms with Crippen molar-refractivity contribution in [2.75, 3.05) is 13.2 Å². The summed E-state index contributed by atoms with van der Waals surface area (Å²) in [4.78, 5) is 0. The van der Waals surface area contributed by atoms with E-state index in [9.17, 15) is 10.2 Å². The Balaban J connectivity index is 0.00000456. The van der Waals surface area contributed by atoms with Gasteiger partial charge in [-0.05, 0) is 148 Å². The summed E-state index contributed by atoms with van der Waals surface area (Å²) in [5, 5.41) is 29.8. The van der Waals surface area contributed by atoms with Crippen LogP contribution in [0.3, 0.4) is 0 Å². The predicted octanol–water partition coefficient (Wildman–Crippen LogP) is 17.6. The van der Waals surface area contributed by atoms with Crippen LogP contribution in [0.2, 0.25) is 0 Å². The Labute approximate surface area is 457 Å². The van der Waals surface area contributed by atoms with Crippen molar-refractivity contribution < 1.29 is 45.9 Å². The maximum Gasteiger partial charge on any atom is 4.00 e. The fourth-order valence-corrected chi connectivity index (χ4v) is 8.76. The van der Waals surface area contributed by atoms with Crippen LogP contribution in [0.1, 0.15) is 176 Å². The van der Waals surface area contributed by atoms with Gasteiger partial charge in [0, 0.05) is 17.5 Å². The van der Waals surface area contributed by atoms with Crippen molar-refractivity contribution in [1.82, 2.24) is 0 Å². The molecule has 0 saturated heterocycles. The van der Waals surface area contributed by atoms with Crippen molar-refractivity contribution in [3.05, 3.63) is 156 Å². The van der Waals surface area contributed by atoms with Crippen molar-refractivity contribution in [2.24, 2.45) is 0 Å². The molecule has 0 bridgehead atoms. The molecule has 0 amide bonds. The maximum absolute atomic E-state index is 14.9. The maximum atomic E-state index is 14.9. The third-order valence-corrected chi connectivity index (χ3v) is 13.5. The van der Waals surface area contributed by atoms with Gasteiger partial charge in [-0.25, -0.2) is 0 Å². The molecule has 0 spiro atoms. The molecular weight excluding hydrogens is 960 g/mol. The van der Waals surface area contributed by atoms with E-state index in [1.165, 1.54) is 22.3 Å². The second kappa shape index (κ2) is 22.5. The van der Waals surface area contributed by atoms with Crippen LogP contribution in [0.15, 0.2) is 97.1 Å². The summed E-state index contributed by atoms with van der Waals surface area (Å²) in [5.41, 5.74) is 14.6. The second-order valence-corrected chi connectivity index (χ2v) is 25.9. The van der Waals surface area contributed by atoms with Gasteiger partial charge in [-0.15, -0.1) is 0 Å². The van der Waals surface area contributed by atoms with Gasteiger partial charge < -0.3 is 34.5 Å². The zero-order valence-corrected chi connectivity index (χ0v) is 50.9. The van der Waals surface area contributed by atoms with Gasteiger partial charge >= 0.3 is 26.2 Å². The molecule has 0 unspecified atom stereocenters. The molecule has 384 valence electrons. The fourth-order valence-electron chi connectivity index (χ4n) is 8.76. The van der Waals surface area contributed by atoms with Crippen LogP contribution < -0.4 is 19.7 Å². The molecule has 6 aromatic carbocycles. The molecule has 6 aromatic rings. The first-order valence-corrected chi connectivity index (χ1v) is 25.1. The standard InChI is InChI=1S/C65H84O4.2CH3.Zr/c1-40-28-50(42-32-46(62(9,10)11)36-47(33-42)63(12,13)14)58(66)54(30-40)52-38-44(60(3,4)5)22-24-56(52)68-26-21-27-69-57-25-23-45(61(6,7)8)39-53(57)55-31-41(2)29-51(59(55)67)43-34-48(64(15,16)17)37-49(35-43)65(18,19)20;;;/h22-25,28-39,66-67H,21,26-27H2,1-20H3;2*1H3;/q;2*-1;+4/p-2. The van der Waals surface area contributed by atoms with E-state index in [0.717, 1.165) is 44.5 Å². The molecule has 0 atom stereocenters. The summed E-state index contributed by atoms with van der Waals surface area (Å²) < 4.78 is 13.3. The average Bonchev–Trinajstić information content (AvgIpc) is 3.22. The Morgan fingerprint density at radius 3 is 0.861 bits per heavy atom. The molecule has 4 nitrogen and oxygen atoms in total.